The van der Waals surface area contributed by atoms with Crippen LogP contribution in [0.25, 0.3) is 0 Å². The van der Waals surface area contributed by atoms with Gasteiger partial charge >= 0.3 is 5.97 Å². The number of carbonyl (C=O) groups is 4. The van der Waals surface area contributed by atoms with Gasteiger partial charge < -0.3 is 19.8 Å². The van der Waals surface area contributed by atoms with Crippen molar-refractivity contribution in [2.75, 3.05) is 5.32 Å². The summed E-state index contributed by atoms with van der Waals surface area (Å²) < 4.78 is 10.8. The number of para-hydroxylation sites is 2. The monoisotopic (exact) mass is 398 g/mol. The first-order chi connectivity index (χ1) is 13.7. The van der Waals surface area contributed by atoms with Gasteiger partial charge in [-0.05, 0) is 45.4 Å². The Hall–Kier alpha value is -3.42. The molecule has 0 saturated carbocycles. The van der Waals surface area contributed by atoms with Gasteiger partial charge in [-0.15, -0.1) is 0 Å². The lowest BCUT2D eigenvalue weighted by atomic mass is 10.0. The summed E-state index contributed by atoms with van der Waals surface area (Å²) in [6, 6.07) is 6.88. The Morgan fingerprint density at radius 1 is 1.21 bits per heavy atom. The summed E-state index contributed by atoms with van der Waals surface area (Å²) in [5.41, 5.74) is 2.33. The lowest BCUT2D eigenvalue weighted by Crippen LogP contribution is -2.39. The maximum absolute atomic E-state index is 12.7. The molecule has 1 aliphatic heterocycles. The van der Waals surface area contributed by atoms with Crippen LogP contribution in [0.5, 0.6) is 5.75 Å². The van der Waals surface area contributed by atoms with Gasteiger partial charge in [-0.1, -0.05) is 12.1 Å². The molecule has 0 bridgehead atoms. The summed E-state index contributed by atoms with van der Waals surface area (Å²) in [6.45, 7) is 6.24. The summed E-state index contributed by atoms with van der Waals surface area (Å²) in [6.07, 6.45) is -2.46. The Balaban J connectivity index is 1.65. The van der Waals surface area contributed by atoms with E-state index in [1.165, 1.54) is 13.8 Å². The molecule has 2 N–H and O–H groups in total. The van der Waals surface area contributed by atoms with Crippen molar-refractivity contribution in [3.63, 3.8) is 0 Å². The molecule has 2 aromatic rings. The number of aromatic amines is 1. The number of ketones is 2. The molecule has 1 aromatic carbocycles. The number of rotatable bonds is 6. The molecule has 2 heterocycles. The molecule has 3 rings (SSSR count). The van der Waals surface area contributed by atoms with Crippen molar-refractivity contribution >= 4 is 29.1 Å². The lowest BCUT2D eigenvalue weighted by Gasteiger charge is -2.25. The Morgan fingerprint density at radius 2 is 1.90 bits per heavy atom. The van der Waals surface area contributed by atoms with Gasteiger partial charge in [-0.25, -0.2) is 0 Å². The van der Waals surface area contributed by atoms with E-state index in [0.29, 0.717) is 28.3 Å². The number of aromatic nitrogens is 1. The highest BCUT2D eigenvalue weighted by atomic mass is 16.6. The molecule has 0 unspecified atom stereocenters. The molecule has 1 amide bonds. The van der Waals surface area contributed by atoms with Gasteiger partial charge in [0.1, 0.15) is 5.75 Å². The van der Waals surface area contributed by atoms with Crippen LogP contribution in [-0.2, 0) is 14.3 Å². The highest BCUT2D eigenvalue weighted by Gasteiger charge is 2.32. The van der Waals surface area contributed by atoms with Crippen LogP contribution < -0.4 is 10.1 Å². The summed E-state index contributed by atoms with van der Waals surface area (Å²) in [7, 11) is 0. The molecule has 8 heteroatoms. The SMILES string of the molecule is CC(=O)c1c(C)[nH]c(C(=O)[C@H](C)OC(=O)C[C@H]2Oc3ccccc3NC2=O)c1C. The molecule has 29 heavy (non-hydrogen) atoms. The Kier molecular flexibility index (Phi) is 5.54. The van der Waals surface area contributed by atoms with Crippen molar-refractivity contribution in [2.45, 2.75) is 46.3 Å². The van der Waals surface area contributed by atoms with Crippen LogP contribution in [0.4, 0.5) is 5.69 Å². The zero-order valence-electron chi connectivity index (χ0n) is 16.6. The van der Waals surface area contributed by atoms with Crippen molar-refractivity contribution in [2.24, 2.45) is 0 Å². The van der Waals surface area contributed by atoms with E-state index in [4.69, 9.17) is 9.47 Å². The predicted octanol–water partition coefficient (Wildman–Crippen LogP) is 2.74. The quantitative estimate of drug-likeness (QED) is 0.571. The van der Waals surface area contributed by atoms with Gasteiger partial charge in [0.05, 0.1) is 17.8 Å². The molecule has 0 aliphatic carbocycles. The van der Waals surface area contributed by atoms with Gasteiger partial charge in [0.25, 0.3) is 5.91 Å². The molecule has 0 radical (unpaired) electrons. The van der Waals surface area contributed by atoms with Crippen molar-refractivity contribution in [3.05, 3.63) is 46.8 Å². The first-order valence-electron chi connectivity index (χ1n) is 9.19. The minimum absolute atomic E-state index is 0.152. The van der Waals surface area contributed by atoms with E-state index in [0.717, 1.165) is 0 Å². The van der Waals surface area contributed by atoms with E-state index < -0.39 is 29.9 Å². The largest absolute Gasteiger partial charge is 0.478 e. The second kappa shape index (κ2) is 7.90. The minimum atomic E-state index is -1.09. The summed E-state index contributed by atoms with van der Waals surface area (Å²) in [4.78, 5) is 51.7. The van der Waals surface area contributed by atoms with E-state index in [1.54, 1.807) is 38.1 Å². The number of benzene rings is 1. The number of hydrogen-bond donors (Lipinski definition) is 2. The Morgan fingerprint density at radius 3 is 2.55 bits per heavy atom. The number of amides is 1. The van der Waals surface area contributed by atoms with Crippen LogP contribution in [0.3, 0.4) is 0 Å². The number of hydrogen-bond acceptors (Lipinski definition) is 6. The highest BCUT2D eigenvalue weighted by Crippen LogP contribution is 2.29. The third-order valence-corrected chi connectivity index (χ3v) is 4.77. The van der Waals surface area contributed by atoms with E-state index in [1.807, 2.05) is 0 Å². The van der Waals surface area contributed by atoms with Crippen LogP contribution >= 0.6 is 0 Å². The standard InChI is InChI=1S/C21H22N2O6/c1-10-18(12(3)24)11(2)22-19(10)20(26)13(4)28-17(25)9-16-21(27)23-14-7-5-6-8-15(14)29-16/h5-8,13,16,22H,9H2,1-4H3,(H,23,27)/t13-,16+/m0/s1. The van der Waals surface area contributed by atoms with E-state index in [-0.39, 0.29) is 17.9 Å². The molecule has 0 saturated heterocycles. The predicted molar refractivity (Wildman–Crippen MR) is 104 cm³/mol. The van der Waals surface area contributed by atoms with Crippen molar-refractivity contribution in [1.29, 1.82) is 0 Å². The number of nitrogens with one attached hydrogen (secondary N) is 2. The number of esters is 1. The van der Waals surface area contributed by atoms with E-state index in [2.05, 4.69) is 10.3 Å². The molecule has 0 spiro atoms. The molecular weight excluding hydrogens is 376 g/mol. The van der Waals surface area contributed by atoms with Gasteiger partial charge in [-0.2, -0.15) is 0 Å². The van der Waals surface area contributed by atoms with Crippen molar-refractivity contribution < 1.29 is 28.7 Å². The van der Waals surface area contributed by atoms with Gasteiger partial charge in [-0.3, -0.25) is 19.2 Å². The number of Topliss-reactive ketones (excluding diaryl/α,β-unsaturated/α-hetero) is 2. The number of fused-ring (bicyclic) bond motifs is 1. The molecule has 1 aliphatic rings. The first kappa shape index (κ1) is 20.3. The molecule has 152 valence electrons. The van der Waals surface area contributed by atoms with Crippen LogP contribution in [0, 0.1) is 13.8 Å². The lowest BCUT2D eigenvalue weighted by molar-refractivity contribution is -0.150. The number of ether oxygens (including phenoxy) is 2. The Bertz CT molecular complexity index is 1010. The van der Waals surface area contributed by atoms with Gasteiger partial charge in [0.15, 0.2) is 18.0 Å². The summed E-state index contributed by atoms with van der Waals surface area (Å²) >= 11 is 0. The molecular formula is C21H22N2O6. The van der Waals surface area contributed by atoms with Crippen molar-refractivity contribution in [3.8, 4) is 5.75 Å². The minimum Gasteiger partial charge on any atom is -0.478 e. The zero-order chi connectivity index (χ0) is 21.3. The molecule has 2 atom stereocenters. The number of H-pyrrole nitrogens is 1. The molecule has 0 fully saturated rings. The summed E-state index contributed by atoms with van der Waals surface area (Å²) in [5.74, 6) is -1.34. The topological polar surface area (TPSA) is 115 Å². The number of anilines is 1. The number of aryl methyl sites for hydroxylation is 1. The molecule has 8 nitrogen and oxygen atoms in total. The first-order valence-corrected chi connectivity index (χ1v) is 9.19. The van der Waals surface area contributed by atoms with Crippen LogP contribution in [0.2, 0.25) is 0 Å². The van der Waals surface area contributed by atoms with Crippen molar-refractivity contribution in [1.82, 2.24) is 4.98 Å². The fourth-order valence-electron chi connectivity index (χ4n) is 3.40. The Labute approximate surface area is 167 Å². The summed E-state index contributed by atoms with van der Waals surface area (Å²) in [5, 5.41) is 2.67. The average molecular weight is 398 g/mol. The smallest absolute Gasteiger partial charge is 0.310 e. The van der Waals surface area contributed by atoms with Crippen LogP contribution in [0.1, 0.15) is 52.4 Å². The van der Waals surface area contributed by atoms with E-state index in [9.17, 15) is 19.2 Å². The van der Waals surface area contributed by atoms with E-state index >= 15 is 0 Å². The number of carbonyl (C=O) groups excluding carboxylic acids is 4. The average Bonchev–Trinajstić information content (AvgIpc) is 2.95. The zero-order valence-corrected chi connectivity index (χ0v) is 16.6. The molecule has 1 aromatic heterocycles. The maximum atomic E-state index is 12.7. The highest BCUT2D eigenvalue weighted by molar-refractivity contribution is 6.05. The van der Waals surface area contributed by atoms with Gasteiger partial charge in [0, 0.05) is 11.3 Å². The van der Waals surface area contributed by atoms with Gasteiger partial charge in [0.2, 0.25) is 5.78 Å². The normalized spacial score (nSPS) is 16.3. The second-order valence-electron chi connectivity index (χ2n) is 6.97. The third kappa shape index (κ3) is 4.06. The van der Waals surface area contributed by atoms with Crippen LogP contribution in [0.15, 0.2) is 24.3 Å². The maximum Gasteiger partial charge on any atom is 0.310 e. The fourth-order valence-corrected chi connectivity index (χ4v) is 3.40. The third-order valence-electron chi connectivity index (χ3n) is 4.77. The van der Waals surface area contributed by atoms with Crippen LogP contribution in [-0.4, -0.2) is 40.6 Å². The fraction of sp³-hybridized carbons (Fsp3) is 0.333. The second-order valence-corrected chi connectivity index (χ2v) is 6.97.